The number of Topliss-reactive ketones (excluding diaryl/α,β-unsaturated/α-hetero) is 1. The molecule has 0 saturated heterocycles. The zero-order valence-electron chi connectivity index (χ0n) is 13.3. The summed E-state index contributed by atoms with van der Waals surface area (Å²) in [5.74, 6) is 3.82. The van der Waals surface area contributed by atoms with Crippen LogP contribution in [0.2, 0.25) is 0 Å². The Morgan fingerprint density at radius 3 is 2.60 bits per heavy atom. The topological polar surface area (TPSA) is 17.1 Å². The maximum atomic E-state index is 12.4. The molecule has 0 aromatic rings. The van der Waals surface area contributed by atoms with E-state index in [0.717, 1.165) is 30.6 Å². The predicted molar refractivity (Wildman–Crippen MR) is 81.4 cm³/mol. The molecule has 6 atom stereocenters. The molecule has 1 nitrogen and oxygen atoms in total. The smallest absolute Gasteiger partial charge is 0.136 e. The quantitative estimate of drug-likeness (QED) is 0.608. The van der Waals surface area contributed by atoms with E-state index in [0.29, 0.717) is 22.5 Å². The summed E-state index contributed by atoms with van der Waals surface area (Å²) in [6.07, 6.45) is 13.2. The number of hydrogen-bond donors (Lipinski definition) is 0. The summed E-state index contributed by atoms with van der Waals surface area (Å²) in [5.41, 5.74) is 1.02. The van der Waals surface area contributed by atoms with Crippen LogP contribution in [0, 0.1) is 34.5 Å². The molecular weight excluding hydrogens is 244 g/mol. The van der Waals surface area contributed by atoms with Gasteiger partial charge in [0.05, 0.1) is 0 Å². The minimum absolute atomic E-state index is 0.363. The fourth-order valence-electron chi connectivity index (χ4n) is 7.16. The van der Waals surface area contributed by atoms with E-state index in [1.165, 1.54) is 51.4 Å². The Labute approximate surface area is 123 Å². The fraction of sp³-hybridized carbons (Fsp3) is 0.947. The lowest BCUT2D eigenvalue weighted by Crippen LogP contribution is -2.53. The van der Waals surface area contributed by atoms with Crippen molar-refractivity contribution >= 4 is 5.78 Å². The average molecular weight is 274 g/mol. The Balaban J connectivity index is 1.67. The summed E-state index contributed by atoms with van der Waals surface area (Å²) in [6.45, 7) is 5.06. The van der Waals surface area contributed by atoms with Crippen molar-refractivity contribution in [1.82, 2.24) is 0 Å². The molecule has 4 aliphatic carbocycles. The van der Waals surface area contributed by atoms with Crippen LogP contribution >= 0.6 is 0 Å². The molecule has 1 heteroatoms. The first-order valence-corrected chi connectivity index (χ1v) is 9.07. The first-order chi connectivity index (χ1) is 9.55. The highest BCUT2D eigenvalue weighted by Crippen LogP contribution is 2.65. The zero-order valence-corrected chi connectivity index (χ0v) is 13.3. The highest BCUT2D eigenvalue weighted by atomic mass is 16.1. The van der Waals surface area contributed by atoms with Gasteiger partial charge in [0, 0.05) is 12.3 Å². The van der Waals surface area contributed by atoms with Gasteiger partial charge in [-0.25, -0.2) is 0 Å². The van der Waals surface area contributed by atoms with Crippen molar-refractivity contribution in [3.8, 4) is 0 Å². The number of hydrogen-bond acceptors (Lipinski definition) is 1. The zero-order chi connectivity index (χ0) is 14.0. The van der Waals surface area contributed by atoms with Gasteiger partial charge < -0.3 is 0 Å². The fourth-order valence-corrected chi connectivity index (χ4v) is 7.16. The van der Waals surface area contributed by atoms with E-state index >= 15 is 0 Å². The Kier molecular flexibility index (Phi) is 2.89. The second kappa shape index (κ2) is 4.34. The largest absolute Gasteiger partial charge is 0.299 e. The Hall–Kier alpha value is -0.330. The Morgan fingerprint density at radius 1 is 0.900 bits per heavy atom. The summed E-state index contributed by atoms with van der Waals surface area (Å²) < 4.78 is 0. The van der Waals surface area contributed by atoms with Crippen molar-refractivity contribution in [2.24, 2.45) is 34.5 Å². The number of carbonyl (C=O) groups excluding carboxylic acids is 1. The second-order valence-electron chi connectivity index (χ2n) is 8.92. The van der Waals surface area contributed by atoms with Gasteiger partial charge in [-0.1, -0.05) is 20.3 Å². The van der Waals surface area contributed by atoms with Gasteiger partial charge in [0.15, 0.2) is 0 Å². The minimum atomic E-state index is 0.363. The van der Waals surface area contributed by atoms with Crippen LogP contribution in [0.3, 0.4) is 0 Å². The molecule has 4 fully saturated rings. The van der Waals surface area contributed by atoms with Gasteiger partial charge in [0.1, 0.15) is 5.78 Å². The molecule has 0 radical (unpaired) electrons. The number of carbonyl (C=O) groups is 1. The number of fused-ring (bicyclic) bond motifs is 5. The van der Waals surface area contributed by atoms with Crippen LogP contribution < -0.4 is 0 Å². The lowest BCUT2D eigenvalue weighted by atomic mass is 9.45. The Bertz CT molecular complexity index is 427. The third-order valence-corrected chi connectivity index (χ3v) is 8.18. The number of rotatable bonds is 0. The molecule has 0 N–H and O–H groups in total. The SMILES string of the molecule is C[C@@]12CCC[C@H]1[C@@H]1CC[C@@H]3C(=O)CCC[C@]3(C)[C@H]1CC2. The van der Waals surface area contributed by atoms with Crippen molar-refractivity contribution in [2.45, 2.75) is 78.1 Å². The normalized spacial score (nSPS) is 55.0. The molecule has 20 heavy (non-hydrogen) atoms. The third kappa shape index (κ3) is 1.64. The summed E-state index contributed by atoms with van der Waals surface area (Å²) >= 11 is 0. The number of ketones is 1. The van der Waals surface area contributed by atoms with Crippen molar-refractivity contribution in [3.63, 3.8) is 0 Å². The van der Waals surface area contributed by atoms with Gasteiger partial charge in [-0.2, -0.15) is 0 Å². The highest BCUT2D eigenvalue weighted by molar-refractivity contribution is 5.82. The predicted octanol–water partition coefficient (Wildman–Crippen LogP) is 4.99. The molecule has 0 aliphatic heterocycles. The third-order valence-electron chi connectivity index (χ3n) is 8.18. The maximum absolute atomic E-state index is 12.4. The first-order valence-electron chi connectivity index (χ1n) is 9.07. The van der Waals surface area contributed by atoms with E-state index < -0.39 is 0 Å². The van der Waals surface area contributed by atoms with Crippen LogP contribution in [0.4, 0.5) is 0 Å². The molecule has 0 heterocycles. The van der Waals surface area contributed by atoms with Crippen LogP contribution in [0.25, 0.3) is 0 Å². The van der Waals surface area contributed by atoms with E-state index in [-0.39, 0.29) is 0 Å². The average Bonchev–Trinajstić information content (AvgIpc) is 2.80. The monoisotopic (exact) mass is 274 g/mol. The molecule has 0 aromatic heterocycles. The molecule has 4 aliphatic rings. The highest BCUT2D eigenvalue weighted by Gasteiger charge is 2.58. The van der Waals surface area contributed by atoms with E-state index in [2.05, 4.69) is 13.8 Å². The second-order valence-corrected chi connectivity index (χ2v) is 8.92. The molecule has 0 spiro atoms. The lowest BCUT2D eigenvalue weighted by Gasteiger charge is -2.59. The van der Waals surface area contributed by atoms with Gasteiger partial charge >= 0.3 is 0 Å². The van der Waals surface area contributed by atoms with Crippen molar-refractivity contribution < 1.29 is 4.79 Å². The summed E-state index contributed by atoms with van der Waals surface area (Å²) in [4.78, 5) is 12.4. The van der Waals surface area contributed by atoms with E-state index in [9.17, 15) is 4.79 Å². The van der Waals surface area contributed by atoms with Gasteiger partial charge in [-0.05, 0) is 80.0 Å². The van der Waals surface area contributed by atoms with Gasteiger partial charge in [-0.3, -0.25) is 4.79 Å². The van der Waals surface area contributed by atoms with E-state index in [4.69, 9.17) is 0 Å². The molecule has 4 rings (SSSR count). The lowest BCUT2D eigenvalue weighted by molar-refractivity contribution is -0.146. The van der Waals surface area contributed by atoms with Gasteiger partial charge in [0.25, 0.3) is 0 Å². The van der Waals surface area contributed by atoms with Gasteiger partial charge in [-0.15, -0.1) is 0 Å². The molecule has 112 valence electrons. The molecular formula is C19H30O. The first kappa shape index (κ1) is 13.3. The van der Waals surface area contributed by atoms with Crippen LogP contribution in [-0.2, 0) is 4.79 Å². The van der Waals surface area contributed by atoms with Crippen LogP contribution in [0.15, 0.2) is 0 Å². The maximum Gasteiger partial charge on any atom is 0.136 e. The molecule has 0 unspecified atom stereocenters. The molecule has 0 bridgehead atoms. The summed E-state index contributed by atoms with van der Waals surface area (Å²) in [7, 11) is 0. The van der Waals surface area contributed by atoms with Crippen LogP contribution in [0.5, 0.6) is 0 Å². The Morgan fingerprint density at radius 2 is 1.75 bits per heavy atom. The molecule has 0 amide bonds. The van der Waals surface area contributed by atoms with Crippen LogP contribution in [0.1, 0.15) is 78.1 Å². The van der Waals surface area contributed by atoms with Crippen molar-refractivity contribution in [1.29, 1.82) is 0 Å². The minimum Gasteiger partial charge on any atom is -0.299 e. The molecule has 0 aromatic carbocycles. The summed E-state index contributed by atoms with van der Waals surface area (Å²) in [6, 6.07) is 0. The van der Waals surface area contributed by atoms with Gasteiger partial charge in [0.2, 0.25) is 0 Å². The summed E-state index contributed by atoms with van der Waals surface area (Å²) in [5, 5.41) is 0. The van der Waals surface area contributed by atoms with E-state index in [1.54, 1.807) is 0 Å². The van der Waals surface area contributed by atoms with Crippen molar-refractivity contribution in [2.75, 3.05) is 0 Å². The van der Waals surface area contributed by atoms with Crippen LogP contribution in [-0.4, -0.2) is 5.78 Å². The van der Waals surface area contributed by atoms with Crippen molar-refractivity contribution in [3.05, 3.63) is 0 Å². The van der Waals surface area contributed by atoms with E-state index in [1.807, 2.05) is 0 Å². The standard InChI is InChI=1S/C19H30O/c1-18-10-3-5-14(18)13-7-8-16-17(20)6-4-11-19(16,2)15(13)9-12-18/h13-16H,3-12H2,1-2H3/t13-,14-,15-,16+,18-,19+/m0/s1. The molecule has 4 saturated carbocycles.